The average molecular weight is 276 g/mol. The SMILES string of the molecule is B.[AlH3].[Cr].[Ni].[SiH4].[Y]. The minimum Gasteiger partial charge on any atom is -0.0149 e. The van der Waals surface area contributed by atoms with Gasteiger partial charge in [0, 0.05) is 66.6 Å². The number of rotatable bonds is 0. The topological polar surface area (TPSA) is 0 Å². The molecule has 0 aliphatic heterocycles. The van der Waals surface area contributed by atoms with Gasteiger partial charge in [-0.1, -0.05) is 0 Å². The Bertz CT molecular complexity index is 15.5. The summed E-state index contributed by atoms with van der Waals surface area (Å²) in [5.41, 5.74) is 0. The first kappa shape index (κ1) is 65.1. The second-order valence-corrected chi connectivity index (χ2v) is 0. The van der Waals surface area contributed by atoms with Crippen LogP contribution in [0.3, 0.4) is 0 Å². The van der Waals surface area contributed by atoms with Gasteiger partial charge in [-0.3, -0.25) is 0 Å². The molecule has 6 heavy (non-hydrogen) atoms. The van der Waals surface area contributed by atoms with E-state index in [4.69, 9.17) is 0 Å². The molecule has 0 heterocycles. The molecule has 1 radical (unpaired) electrons. The van der Waals surface area contributed by atoms with Crippen LogP contribution in [0.15, 0.2) is 0 Å². The van der Waals surface area contributed by atoms with E-state index in [0.717, 1.165) is 0 Å². The van der Waals surface area contributed by atoms with Gasteiger partial charge in [-0.25, -0.2) is 0 Å². The van der Waals surface area contributed by atoms with Crippen molar-refractivity contribution in [2.24, 2.45) is 0 Å². The smallest absolute Gasteiger partial charge is 0.0149 e. The van der Waals surface area contributed by atoms with E-state index in [1.165, 1.54) is 0 Å². The zero-order valence-corrected chi connectivity index (χ0v) is 6.40. The molecule has 0 aromatic rings. The van der Waals surface area contributed by atoms with Crippen LogP contribution in [0.2, 0.25) is 0 Å². The predicted octanol–water partition coefficient (Wildman–Crippen LogP) is -3.83. The molecule has 6 heteroatoms. The quantitative estimate of drug-likeness (QED) is 0.398. The second kappa shape index (κ2) is 44.2. The first-order valence-corrected chi connectivity index (χ1v) is 0. The summed E-state index contributed by atoms with van der Waals surface area (Å²) in [5.74, 6) is 0. The minimum atomic E-state index is 0. The summed E-state index contributed by atoms with van der Waals surface area (Å²) < 4.78 is 0. The van der Waals surface area contributed by atoms with Crippen molar-refractivity contribution in [2.45, 2.75) is 0 Å². The van der Waals surface area contributed by atoms with Gasteiger partial charge >= 0.3 is 0 Å². The zero-order valence-electron chi connectivity index (χ0n) is 1.30. The van der Waals surface area contributed by atoms with Crippen LogP contribution in [-0.4, -0.2) is 36.7 Å². The van der Waals surface area contributed by atoms with E-state index in [-0.39, 0.29) is 103 Å². The summed E-state index contributed by atoms with van der Waals surface area (Å²) >= 11 is 0. The fourth-order valence-electron chi connectivity index (χ4n) is 0. The van der Waals surface area contributed by atoms with Crippen molar-refractivity contribution < 1.29 is 66.6 Å². The van der Waals surface area contributed by atoms with Crippen LogP contribution in [0, 0.1) is 0 Å². The summed E-state index contributed by atoms with van der Waals surface area (Å²) in [5, 5.41) is 0. The van der Waals surface area contributed by atoms with Crippen molar-refractivity contribution in [1.29, 1.82) is 0 Å². The van der Waals surface area contributed by atoms with Crippen LogP contribution in [0.4, 0.5) is 0 Å². The summed E-state index contributed by atoms with van der Waals surface area (Å²) in [6, 6.07) is 0. The first-order valence-electron chi connectivity index (χ1n) is 0. The Hall–Kier alpha value is 2.94. The van der Waals surface area contributed by atoms with Gasteiger partial charge in [0.1, 0.15) is 0 Å². The van der Waals surface area contributed by atoms with Crippen LogP contribution in [-0.2, 0) is 66.6 Å². The van der Waals surface area contributed by atoms with Crippen LogP contribution >= 0.6 is 0 Å². The van der Waals surface area contributed by atoms with Crippen LogP contribution in [0.25, 0.3) is 0 Å². The van der Waals surface area contributed by atoms with Gasteiger partial charge in [0.05, 0.1) is 8.41 Å². The molecule has 0 aliphatic rings. The molecule has 0 saturated heterocycles. The molecular formula is H10AlBCrNiSiY. The molecule has 0 aromatic heterocycles. The van der Waals surface area contributed by atoms with Crippen molar-refractivity contribution in [3.8, 4) is 0 Å². The summed E-state index contributed by atoms with van der Waals surface area (Å²) in [4.78, 5) is 0. The molecule has 0 fully saturated rings. The molecule has 0 atom stereocenters. The molecule has 0 unspecified atom stereocenters. The number of hydrogen-bond acceptors (Lipinski definition) is 0. The first-order chi connectivity index (χ1) is 0. The van der Waals surface area contributed by atoms with Crippen molar-refractivity contribution in [3.05, 3.63) is 0 Å². The third-order valence-corrected chi connectivity index (χ3v) is 0. The van der Waals surface area contributed by atoms with Gasteiger partial charge < -0.3 is 0 Å². The van der Waals surface area contributed by atoms with Gasteiger partial charge in [-0.05, 0) is 11.0 Å². The largest absolute Gasteiger partial charge is 0.187 e. The van der Waals surface area contributed by atoms with Gasteiger partial charge in [0.2, 0.25) is 0 Å². The van der Waals surface area contributed by atoms with Crippen molar-refractivity contribution >= 4 is 36.7 Å². The van der Waals surface area contributed by atoms with Crippen molar-refractivity contribution in [3.63, 3.8) is 0 Å². The van der Waals surface area contributed by atoms with Gasteiger partial charge in [0.25, 0.3) is 0 Å². The Morgan fingerprint density at radius 2 is 1.00 bits per heavy atom. The van der Waals surface area contributed by atoms with E-state index < -0.39 is 0 Å². The summed E-state index contributed by atoms with van der Waals surface area (Å²) in [6.45, 7) is 0. The van der Waals surface area contributed by atoms with Gasteiger partial charge in [-0.15, -0.1) is 0 Å². The van der Waals surface area contributed by atoms with E-state index in [9.17, 15) is 0 Å². The summed E-state index contributed by atoms with van der Waals surface area (Å²) in [7, 11) is 0. The van der Waals surface area contributed by atoms with Gasteiger partial charge in [0.15, 0.2) is 17.4 Å². The Labute approximate surface area is 102 Å². The minimum absolute atomic E-state index is 0. The third-order valence-electron chi connectivity index (χ3n) is 0. The molecule has 0 N–H and O–H groups in total. The molecule has 0 bridgehead atoms. The predicted molar refractivity (Wildman–Crippen MR) is 31.2 cm³/mol. The molecule has 0 nitrogen and oxygen atoms in total. The van der Waals surface area contributed by atoms with E-state index in [1.54, 1.807) is 0 Å². The molecule has 0 spiro atoms. The van der Waals surface area contributed by atoms with Crippen LogP contribution in [0.5, 0.6) is 0 Å². The maximum Gasteiger partial charge on any atom is 0.187 e. The molecule has 0 saturated carbocycles. The fraction of sp³-hybridized carbons (Fsp3) is 0. The van der Waals surface area contributed by atoms with E-state index in [0.29, 0.717) is 0 Å². The van der Waals surface area contributed by atoms with E-state index >= 15 is 0 Å². The third kappa shape index (κ3) is 28.3. The average Bonchev–Trinajstić information content (AvgIpc) is 0. The second-order valence-electron chi connectivity index (χ2n) is 0. The van der Waals surface area contributed by atoms with Crippen LogP contribution < -0.4 is 0 Å². The number of hydrogen-bond donors (Lipinski definition) is 0. The molecule has 0 amide bonds. The van der Waals surface area contributed by atoms with E-state index in [2.05, 4.69) is 0 Å². The Kier molecular flexibility index (Phi) is 480. The Morgan fingerprint density at radius 1 is 1.00 bits per heavy atom. The van der Waals surface area contributed by atoms with Crippen LogP contribution in [0.1, 0.15) is 0 Å². The maximum absolute atomic E-state index is 0. The Balaban J connectivity index is 0. The van der Waals surface area contributed by atoms with Gasteiger partial charge in [-0.2, -0.15) is 0 Å². The standard InChI is InChI=1S/Al.BH3.Cr.Ni.H4Si.Y.3H/h;1H3;;;1H4;;;;. The summed E-state index contributed by atoms with van der Waals surface area (Å²) in [6.07, 6.45) is 0. The fourth-order valence-corrected chi connectivity index (χ4v) is 0. The normalized spacial score (nSPS) is 0. The molecular weight excluding hydrogens is 265 g/mol. The molecule has 0 aromatic carbocycles. The zero-order chi connectivity index (χ0) is 0. The molecule has 0 rings (SSSR count). The van der Waals surface area contributed by atoms with Crippen molar-refractivity contribution in [2.75, 3.05) is 0 Å². The Morgan fingerprint density at radius 3 is 1.00 bits per heavy atom. The van der Waals surface area contributed by atoms with E-state index in [1.807, 2.05) is 0 Å². The van der Waals surface area contributed by atoms with Crippen molar-refractivity contribution in [1.82, 2.24) is 0 Å². The maximum atomic E-state index is 0. The molecule has 0 aliphatic carbocycles. The monoisotopic (exact) mass is 275 g/mol. The molecule has 39 valence electrons.